The number of aromatic nitrogens is 4. The first-order valence-corrected chi connectivity index (χ1v) is 11.2. The normalized spacial score (nSPS) is 14.5. The standard InChI is InChI=1S/C23H29N7O3/c1-3-21(31)30(15-19-18-6-4-5-7-20(18)28(2)26-19)14-16-8-10-29(11-9-16)23-24-12-17(13-25-23)22(32)27-33/h4-7,12-13,16,33H,3,8-11,14-15H2,1-2H3,(H,27,32). The summed E-state index contributed by atoms with van der Waals surface area (Å²) in [5.74, 6) is 0.436. The number of rotatable bonds is 7. The number of nitrogens with one attached hydrogen (secondary N) is 1. The van der Waals surface area contributed by atoms with Gasteiger partial charge >= 0.3 is 0 Å². The number of benzene rings is 1. The minimum Gasteiger partial charge on any atom is -0.341 e. The number of amides is 2. The molecule has 0 saturated carbocycles. The van der Waals surface area contributed by atoms with Crippen molar-refractivity contribution in [3.63, 3.8) is 0 Å². The van der Waals surface area contributed by atoms with Gasteiger partial charge in [-0.1, -0.05) is 25.1 Å². The van der Waals surface area contributed by atoms with Crippen LogP contribution in [0.5, 0.6) is 0 Å². The van der Waals surface area contributed by atoms with E-state index >= 15 is 0 Å². The predicted octanol–water partition coefficient (Wildman–Crippen LogP) is 2.14. The third kappa shape index (κ3) is 4.95. The van der Waals surface area contributed by atoms with Gasteiger partial charge in [-0.05, 0) is 24.8 Å². The summed E-state index contributed by atoms with van der Waals surface area (Å²) in [5.41, 5.74) is 3.76. The lowest BCUT2D eigenvalue weighted by Crippen LogP contribution is -2.41. The summed E-state index contributed by atoms with van der Waals surface area (Å²) < 4.78 is 1.87. The molecular weight excluding hydrogens is 422 g/mol. The fourth-order valence-electron chi connectivity index (χ4n) is 4.36. The van der Waals surface area contributed by atoms with Gasteiger partial charge in [-0.15, -0.1) is 0 Å². The molecule has 2 amide bonds. The predicted molar refractivity (Wildman–Crippen MR) is 123 cm³/mol. The first-order chi connectivity index (χ1) is 16.0. The molecule has 0 spiro atoms. The van der Waals surface area contributed by atoms with Crippen LogP contribution in [0, 0.1) is 5.92 Å². The zero-order valence-corrected chi connectivity index (χ0v) is 18.9. The molecule has 0 unspecified atom stereocenters. The van der Waals surface area contributed by atoms with Crippen LogP contribution in [0.3, 0.4) is 0 Å². The van der Waals surface area contributed by atoms with Crippen molar-refractivity contribution in [3.05, 3.63) is 47.9 Å². The molecule has 0 bridgehead atoms. The Balaban J connectivity index is 1.39. The lowest BCUT2D eigenvalue weighted by atomic mass is 9.96. The molecule has 1 aliphatic heterocycles. The third-order valence-corrected chi connectivity index (χ3v) is 6.21. The minimum atomic E-state index is -0.637. The molecule has 1 aliphatic rings. The number of carbonyl (C=O) groups excluding carboxylic acids is 2. The zero-order valence-electron chi connectivity index (χ0n) is 18.9. The van der Waals surface area contributed by atoms with Gasteiger partial charge in [-0.3, -0.25) is 19.5 Å². The molecule has 2 N–H and O–H groups in total. The minimum absolute atomic E-state index is 0.133. The molecule has 3 aromatic rings. The van der Waals surface area contributed by atoms with Crippen molar-refractivity contribution in [2.45, 2.75) is 32.7 Å². The van der Waals surface area contributed by atoms with Crippen molar-refractivity contribution < 1.29 is 14.8 Å². The number of piperidine rings is 1. The highest BCUT2D eigenvalue weighted by atomic mass is 16.5. The van der Waals surface area contributed by atoms with Crippen molar-refractivity contribution in [2.24, 2.45) is 13.0 Å². The maximum Gasteiger partial charge on any atom is 0.277 e. The molecule has 1 fully saturated rings. The topological polar surface area (TPSA) is 116 Å². The van der Waals surface area contributed by atoms with Crippen molar-refractivity contribution in [2.75, 3.05) is 24.5 Å². The van der Waals surface area contributed by atoms with Crippen LogP contribution >= 0.6 is 0 Å². The maximum absolute atomic E-state index is 12.7. The molecule has 10 nitrogen and oxygen atoms in total. The van der Waals surface area contributed by atoms with E-state index in [1.807, 2.05) is 41.8 Å². The Kier molecular flexibility index (Phi) is 6.83. The van der Waals surface area contributed by atoms with Gasteiger partial charge in [0.1, 0.15) is 0 Å². The number of hydroxylamine groups is 1. The number of nitrogens with zero attached hydrogens (tertiary/aromatic N) is 6. The molecule has 2 aromatic heterocycles. The van der Waals surface area contributed by atoms with Gasteiger partial charge in [-0.25, -0.2) is 15.4 Å². The van der Waals surface area contributed by atoms with Crippen LogP contribution < -0.4 is 10.4 Å². The van der Waals surface area contributed by atoms with E-state index in [0.29, 0.717) is 31.4 Å². The van der Waals surface area contributed by atoms with Gasteiger partial charge in [0.25, 0.3) is 5.91 Å². The van der Waals surface area contributed by atoms with E-state index in [0.717, 1.165) is 42.5 Å². The van der Waals surface area contributed by atoms with Crippen LogP contribution in [-0.4, -0.2) is 61.3 Å². The molecule has 0 radical (unpaired) electrons. The lowest BCUT2D eigenvalue weighted by molar-refractivity contribution is -0.132. The molecule has 10 heteroatoms. The molecular formula is C23H29N7O3. The number of fused-ring (bicyclic) bond motifs is 1. The fourth-order valence-corrected chi connectivity index (χ4v) is 4.36. The van der Waals surface area contributed by atoms with Crippen molar-refractivity contribution in [1.29, 1.82) is 0 Å². The van der Waals surface area contributed by atoms with Crippen LogP contribution in [0.4, 0.5) is 5.95 Å². The quantitative estimate of drug-likeness (QED) is 0.418. The second-order valence-corrected chi connectivity index (χ2v) is 8.36. The number of hydrogen-bond acceptors (Lipinski definition) is 7. The van der Waals surface area contributed by atoms with E-state index in [4.69, 9.17) is 5.21 Å². The second-order valence-electron chi connectivity index (χ2n) is 8.36. The summed E-state index contributed by atoms with van der Waals surface area (Å²) in [6, 6.07) is 8.09. The van der Waals surface area contributed by atoms with Crippen molar-refractivity contribution in [1.82, 2.24) is 30.1 Å². The summed E-state index contributed by atoms with van der Waals surface area (Å²) in [6.07, 6.45) is 5.10. The van der Waals surface area contributed by atoms with Gasteiger partial charge in [0.2, 0.25) is 11.9 Å². The van der Waals surface area contributed by atoms with Crippen molar-refractivity contribution >= 4 is 28.7 Å². The summed E-state index contributed by atoms with van der Waals surface area (Å²) >= 11 is 0. The molecule has 33 heavy (non-hydrogen) atoms. The van der Waals surface area contributed by atoms with Crippen LogP contribution in [0.1, 0.15) is 42.2 Å². The Morgan fingerprint density at radius 3 is 2.55 bits per heavy atom. The van der Waals surface area contributed by atoms with E-state index in [1.54, 1.807) is 5.48 Å². The van der Waals surface area contributed by atoms with E-state index < -0.39 is 5.91 Å². The molecule has 1 saturated heterocycles. The first kappa shape index (κ1) is 22.7. The van der Waals surface area contributed by atoms with Gasteiger partial charge < -0.3 is 9.80 Å². The number of carbonyl (C=O) groups is 2. The smallest absolute Gasteiger partial charge is 0.277 e. The molecule has 0 atom stereocenters. The van der Waals surface area contributed by atoms with Crippen LogP contribution in [-0.2, 0) is 18.4 Å². The highest BCUT2D eigenvalue weighted by Gasteiger charge is 2.25. The fraction of sp³-hybridized carbons (Fsp3) is 0.435. The van der Waals surface area contributed by atoms with Gasteiger partial charge in [0.05, 0.1) is 23.3 Å². The largest absolute Gasteiger partial charge is 0.341 e. The average Bonchev–Trinajstić information content (AvgIpc) is 3.18. The molecule has 4 rings (SSSR count). The van der Waals surface area contributed by atoms with Gasteiger partial charge in [0, 0.05) is 50.9 Å². The van der Waals surface area contributed by atoms with Crippen LogP contribution in [0.15, 0.2) is 36.7 Å². The van der Waals surface area contributed by atoms with Crippen LogP contribution in [0.25, 0.3) is 10.9 Å². The number of aryl methyl sites for hydroxylation is 1. The lowest BCUT2D eigenvalue weighted by Gasteiger charge is -2.34. The Hall–Kier alpha value is -3.53. The van der Waals surface area contributed by atoms with Gasteiger partial charge in [0.15, 0.2) is 0 Å². The molecule has 3 heterocycles. The van der Waals surface area contributed by atoms with E-state index in [9.17, 15) is 9.59 Å². The number of anilines is 1. The Morgan fingerprint density at radius 1 is 1.18 bits per heavy atom. The molecule has 174 valence electrons. The van der Waals surface area contributed by atoms with E-state index in [-0.39, 0.29) is 11.5 Å². The Labute approximate surface area is 192 Å². The molecule has 0 aliphatic carbocycles. The third-order valence-electron chi connectivity index (χ3n) is 6.21. The van der Waals surface area contributed by atoms with Crippen molar-refractivity contribution in [3.8, 4) is 0 Å². The van der Waals surface area contributed by atoms with Crippen LogP contribution in [0.2, 0.25) is 0 Å². The average molecular weight is 452 g/mol. The summed E-state index contributed by atoms with van der Waals surface area (Å²) in [5, 5.41) is 14.5. The second kappa shape index (κ2) is 9.95. The summed E-state index contributed by atoms with van der Waals surface area (Å²) in [4.78, 5) is 36.7. The Bertz CT molecular complexity index is 1120. The SMILES string of the molecule is CCC(=O)N(Cc1nn(C)c2ccccc12)CC1CCN(c2ncc(C(=O)NO)cn2)CC1. The Morgan fingerprint density at radius 2 is 1.88 bits per heavy atom. The summed E-state index contributed by atoms with van der Waals surface area (Å²) in [7, 11) is 1.93. The highest BCUT2D eigenvalue weighted by molar-refractivity contribution is 5.92. The highest BCUT2D eigenvalue weighted by Crippen LogP contribution is 2.24. The molecule has 1 aromatic carbocycles. The van der Waals surface area contributed by atoms with E-state index in [1.165, 1.54) is 12.4 Å². The zero-order chi connectivity index (χ0) is 23.4. The van der Waals surface area contributed by atoms with E-state index in [2.05, 4.69) is 26.0 Å². The number of hydrogen-bond donors (Lipinski definition) is 2. The first-order valence-electron chi connectivity index (χ1n) is 11.2. The number of para-hydroxylation sites is 1. The summed E-state index contributed by atoms with van der Waals surface area (Å²) in [6.45, 7) is 4.65. The van der Waals surface area contributed by atoms with Gasteiger partial charge in [-0.2, -0.15) is 5.10 Å². The monoisotopic (exact) mass is 451 g/mol. The maximum atomic E-state index is 12.7.